The number of hydrogen-bond acceptors (Lipinski definition) is 2. The monoisotopic (exact) mass is 326 g/mol. The molecule has 21 heavy (non-hydrogen) atoms. The molecular formula is C15H13Cl2FN2O. The van der Waals surface area contributed by atoms with Gasteiger partial charge in [0.2, 0.25) is 0 Å². The fourth-order valence-electron chi connectivity index (χ4n) is 1.83. The Morgan fingerprint density at radius 2 is 1.71 bits per heavy atom. The van der Waals surface area contributed by atoms with E-state index in [-0.39, 0.29) is 33.5 Å². The molecule has 110 valence electrons. The number of carbonyl (C=O) groups is 1. The maximum Gasteiger partial charge on any atom is 0.251 e. The SMILES string of the molecule is C[C@H](NC(=O)c1cc(Cl)c(N)c(Cl)c1)c1ccc(F)cc1. The van der Waals surface area contributed by atoms with Crippen molar-refractivity contribution < 1.29 is 9.18 Å². The van der Waals surface area contributed by atoms with Gasteiger partial charge in [0.25, 0.3) is 5.91 Å². The zero-order valence-electron chi connectivity index (χ0n) is 11.2. The summed E-state index contributed by atoms with van der Waals surface area (Å²) in [6.45, 7) is 1.80. The van der Waals surface area contributed by atoms with Crippen LogP contribution in [-0.2, 0) is 0 Å². The Bertz CT molecular complexity index is 651. The van der Waals surface area contributed by atoms with Crippen molar-refractivity contribution >= 4 is 34.8 Å². The van der Waals surface area contributed by atoms with E-state index in [0.717, 1.165) is 5.56 Å². The predicted molar refractivity (Wildman–Crippen MR) is 83.2 cm³/mol. The summed E-state index contributed by atoms with van der Waals surface area (Å²) in [5.41, 5.74) is 6.97. The molecular weight excluding hydrogens is 314 g/mol. The number of anilines is 1. The van der Waals surface area contributed by atoms with Crippen molar-refractivity contribution in [3.8, 4) is 0 Å². The molecule has 0 spiro atoms. The number of nitrogens with two attached hydrogens (primary N) is 1. The quantitative estimate of drug-likeness (QED) is 0.830. The minimum absolute atomic E-state index is 0.224. The van der Waals surface area contributed by atoms with E-state index in [2.05, 4.69) is 5.32 Å². The maximum absolute atomic E-state index is 12.9. The summed E-state index contributed by atoms with van der Waals surface area (Å²) in [6, 6.07) is 8.54. The van der Waals surface area contributed by atoms with Crippen molar-refractivity contribution in [1.29, 1.82) is 0 Å². The Balaban J connectivity index is 2.16. The normalized spacial score (nSPS) is 12.0. The number of rotatable bonds is 3. The second-order valence-electron chi connectivity index (χ2n) is 4.60. The molecule has 0 unspecified atom stereocenters. The van der Waals surface area contributed by atoms with Gasteiger partial charge in [-0.3, -0.25) is 4.79 Å². The van der Waals surface area contributed by atoms with Crippen molar-refractivity contribution in [2.24, 2.45) is 0 Å². The van der Waals surface area contributed by atoms with E-state index in [1.807, 2.05) is 0 Å². The van der Waals surface area contributed by atoms with Crippen molar-refractivity contribution in [2.75, 3.05) is 5.73 Å². The Kier molecular flexibility index (Phi) is 4.70. The van der Waals surface area contributed by atoms with Crippen LogP contribution >= 0.6 is 23.2 Å². The van der Waals surface area contributed by atoms with Crippen molar-refractivity contribution in [1.82, 2.24) is 5.32 Å². The molecule has 1 atom stereocenters. The van der Waals surface area contributed by atoms with E-state index in [9.17, 15) is 9.18 Å². The molecule has 0 bridgehead atoms. The molecule has 3 N–H and O–H groups in total. The first-order chi connectivity index (χ1) is 9.88. The van der Waals surface area contributed by atoms with Crippen LogP contribution in [0, 0.1) is 5.82 Å². The molecule has 0 aliphatic carbocycles. The highest BCUT2D eigenvalue weighted by Gasteiger charge is 2.14. The third-order valence-corrected chi connectivity index (χ3v) is 3.68. The van der Waals surface area contributed by atoms with E-state index >= 15 is 0 Å². The minimum atomic E-state index is -0.337. The molecule has 2 aromatic rings. The van der Waals surface area contributed by atoms with Crippen LogP contribution in [0.4, 0.5) is 10.1 Å². The summed E-state index contributed by atoms with van der Waals surface area (Å²) < 4.78 is 12.9. The highest BCUT2D eigenvalue weighted by molar-refractivity contribution is 6.39. The Hall–Kier alpha value is -1.78. The number of benzene rings is 2. The van der Waals surface area contributed by atoms with Gasteiger partial charge in [-0.15, -0.1) is 0 Å². The summed E-state index contributed by atoms with van der Waals surface area (Å²) in [4.78, 5) is 12.2. The molecule has 0 aliphatic rings. The van der Waals surface area contributed by atoms with Gasteiger partial charge in [0.05, 0.1) is 21.8 Å². The summed E-state index contributed by atoms with van der Waals surface area (Å²) in [6.07, 6.45) is 0. The molecule has 1 amide bonds. The lowest BCUT2D eigenvalue weighted by molar-refractivity contribution is 0.0940. The van der Waals surface area contributed by atoms with Gasteiger partial charge in [-0.1, -0.05) is 35.3 Å². The third kappa shape index (κ3) is 3.65. The van der Waals surface area contributed by atoms with Crippen LogP contribution in [0.5, 0.6) is 0 Å². The fraction of sp³-hybridized carbons (Fsp3) is 0.133. The van der Waals surface area contributed by atoms with Crippen LogP contribution in [0.2, 0.25) is 10.0 Å². The van der Waals surface area contributed by atoms with Crippen LogP contribution in [0.3, 0.4) is 0 Å². The first-order valence-corrected chi connectivity index (χ1v) is 6.95. The van der Waals surface area contributed by atoms with Gasteiger partial charge in [0.15, 0.2) is 0 Å². The molecule has 0 saturated heterocycles. The number of nitrogens with one attached hydrogen (secondary N) is 1. The number of hydrogen-bond donors (Lipinski definition) is 2. The molecule has 0 fully saturated rings. The predicted octanol–water partition coefficient (Wildman–Crippen LogP) is 4.21. The summed E-state index contributed by atoms with van der Waals surface area (Å²) >= 11 is 11.8. The standard InChI is InChI=1S/C15H13Cl2FN2O/c1-8(9-2-4-11(18)5-3-9)20-15(21)10-6-12(16)14(19)13(17)7-10/h2-8H,19H2,1H3,(H,20,21)/t8-/m0/s1. The van der Waals surface area contributed by atoms with Gasteiger partial charge in [-0.2, -0.15) is 0 Å². The molecule has 0 aromatic heterocycles. The van der Waals surface area contributed by atoms with Crippen LogP contribution < -0.4 is 11.1 Å². The molecule has 3 nitrogen and oxygen atoms in total. The van der Waals surface area contributed by atoms with E-state index in [1.165, 1.54) is 24.3 Å². The van der Waals surface area contributed by atoms with Crippen molar-refractivity contribution in [3.05, 3.63) is 63.4 Å². The van der Waals surface area contributed by atoms with Gasteiger partial charge in [-0.25, -0.2) is 4.39 Å². The van der Waals surface area contributed by atoms with Gasteiger partial charge in [0.1, 0.15) is 5.82 Å². The average molecular weight is 327 g/mol. The number of amides is 1. The number of nitrogen functional groups attached to an aromatic ring is 1. The van der Waals surface area contributed by atoms with Crippen LogP contribution in [0.15, 0.2) is 36.4 Å². The van der Waals surface area contributed by atoms with Crippen LogP contribution in [-0.4, -0.2) is 5.91 Å². The number of carbonyl (C=O) groups excluding carboxylic acids is 1. The van der Waals surface area contributed by atoms with E-state index in [1.54, 1.807) is 19.1 Å². The van der Waals surface area contributed by atoms with E-state index in [0.29, 0.717) is 5.56 Å². The van der Waals surface area contributed by atoms with E-state index < -0.39 is 0 Å². The zero-order chi connectivity index (χ0) is 15.6. The molecule has 0 radical (unpaired) electrons. The largest absolute Gasteiger partial charge is 0.396 e. The molecule has 0 heterocycles. The highest BCUT2D eigenvalue weighted by Crippen LogP contribution is 2.29. The first kappa shape index (κ1) is 15.6. The zero-order valence-corrected chi connectivity index (χ0v) is 12.7. The number of halogens is 3. The van der Waals surface area contributed by atoms with Gasteiger partial charge < -0.3 is 11.1 Å². The van der Waals surface area contributed by atoms with Crippen LogP contribution in [0.25, 0.3) is 0 Å². The smallest absolute Gasteiger partial charge is 0.251 e. The van der Waals surface area contributed by atoms with Gasteiger partial charge in [0, 0.05) is 5.56 Å². The van der Waals surface area contributed by atoms with Crippen LogP contribution in [0.1, 0.15) is 28.9 Å². The molecule has 6 heteroatoms. The summed E-state index contributed by atoms with van der Waals surface area (Å²) in [5, 5.41) is 3.23. The molecule has 2 aromatic carbocycles. The summed E-state index contributed by atoms with van der Waals surface area (Å²) in [7, 11) is 0. The third-order valence-electron chi connectivity index (χ3n) is 3.06. The van der Waals surface area contributed by atoms with Gasteiger partial charge >= 0.3 is 0 Å². The van der Waals surface area contributed by atoms with Gasteiger partial charge in [-0.05, 0) is 36.8 Å². The molecule has 2 rings (SSSR count). The Labute approximate surface area is 131 Å². The second-order valence-corrected chi connectivity index (χ2v) is 5.41. The fourth-order valence-corrected chi connectivity index (χ4v) is 2.32. The Morgan fingerprint density at radius 1 is 1.19 bits per heavy atom. The molecule has 0 aliphatic heterocycles. The average Bonchev–Trinajstić information content (AvgIpc) is 2.44. The lowest BCUT2D eigenvalue weighted by Gasteiger charge is -2.15. The minimum Gasteiger partial charge on any atom is -0.396 e. The lowest BCUT2D eigenvalue weighted by Crippen LogP contribution is -2.26. The summed E-state index contributed by atoms with van der Waals surface area (Å²) in [5.74, 6) is -0.662. The lowest BCUT2D eigenvalue weighted by atomic mass is 10.1. The van der Waals surface area contributed by atoms with Crippen molar-refractivity contribution in [3.63, 3.8) is 0 Å². The Morgan fingerprint density at radius 3 is 2.24 bits per heavy atom. The molecule has 0 saturated carbocycles. The maximum atomic E-state index is 12.9. The first-order valence-electron chi connectivity index (χ1n) is 6.19. The highest BCUT2D eigenvalue weighted by atomic mass is 35.5. The van der Waals surface area contributed by atoms with E-state index in [4.69, 9.17) is 28.9 Å². The van der Waals surface area contributed by atoms with Crippen molar-refractivity contribution in [2.45, 2.75) is 13.0 Å². The topological polar surface area (TPSA) is 55.1 Å². The second kappa shape index (κ2) is 6.33.